The zero-order chi connectivity index (χ0) is 10.1. The van der Waals surface area contributed by atoms with Crippen LogP contribution in [-0.2, 0) is 0 Å². The first kappa shape index (κ1) is 12.8. The molecule has 0 aliphatic rings. The number of nitrogens with one attached hydrogen (secondary N) is 2. The summed E-state index contributed by atoms with van der Waals surface area (Å²) in [6.45, 7) is 9.41. The molecule has 0 radical (unpaired) electrons. The third kappa shape index (κ3) is 8.12. The van der Waals surface area contributed by atoms with Crippen LogP contribution >= 0.6 is 25.3 Å². The van der Waals surface area contributed by atoms with E-state index in [0.717, 1.165) is 30.9 Å². The highest BCUT2D eigenvalue weighted by Gasteiger charge is 1.91. The molecule has 0 aliphatic carbocycles. The van der Waals surface area contributed by atoms with Crippen LogP contribution in [0.5, 0.6) is 0 Å². The van der Waals surface area contributed by atoms with Gasteiger partial charge < -0.3 is 10.6 Å². The molecular formula is C9H18N2S2. The fourth-order valence-corrected chi connectivity index (χ4v) is 0.954. The van der Waals surface area contributed by atoms with Crippen LogP contribution in [0.25, 0.3) is 0 Å². The first-order chi connectivity index (χ1) is 6.20. The third-order valence-corrected chi connectivity index (χ3v) is 2.25. The van der Waals surface area contributed by atoms with E-state index in [9.17, 15) is 0 Å². The topological polar surface area (TPSA) is 24.1 Å². The van der Waals surface area contributed by atoms with Gasteiger partial charge in [0.05, 0.1) is 0 Å². The van der Waals surface area contributed by atoms with Crippen molar-refractivity contribution in [3.05, 3.63) is 24.6 Å². The maximum Gasteiger partial charge on any atom is 0.0296 e. The van der Waals surface area contributed by atoms with Crippen LogP contribution < -0.4 is 10.6 Å². The monoisotopic (exact) mass is 218 g/mol. The van der Waals surface area contributed by atoms with Crippen LogP contribution in [0.15, 0.2) is 24.6 Å². The van der Waals surface area contributed by atoms with E-state index in [2.05, 4.69) is 49.0 Å². The van der Waals surface area contributed by atoms with Gasteiger partial charge >= 0.3 is 0 Å². The molecule has 0 aromatic heterocycles. The van der Waals surface area contributed by atoms with E-state index in [0.29, 0.717) is 11.5 Å². The minimum atomic E-state index is 0.691. The fraction of sp³-hybridized carbons (Fsp3) is 0.556. The number of thiol groups is 2. The van der Waals surface area contributed by atoms with Crippen LogP contribution in [0.1, 0.15) is 6.42 Å². The second-order valence-corrected chi connectivity index (χ2v) is 3.36. The van der Waals surface area contributed by atoms with Gasteiger partial charge in [0.25, 0.3) is 0 Å². The van der Waals surface area contributed by atoms with Crippen LogP contribution in [0.2, 0.25) is 0 Å². The highest BCUT2D eigenvalue weighted by molar-refractivity contribution is 7.80. The van der Waals surface area contributed by atoms with Gasteiger partial charge in [-0.15, -0.1) is 0 Å². The van der Waals surface area contributed by atoms with Crippen molar-refractivity contribution in [2.45, 2.75) is 6.42 Å². The lowest BCUT2D eigenvalue weighted by atomic mass is 10.4. The molecule has 76 valence electrons. The second-order valence-electron chi connectivity index (χ2n) is 2.73. The first-order valence-electron chi connectivity index (χ1n) is 4.25. The Morgan fingerprint density at radius 3 is 1.62 bits per heavy atom. The van der Waals surface area contributed by atoms with E-state index in [-0.39, 0.29) is 0 Å². The molecule has 0 fully saturated rings. The molecule has 0 saturated carbocycles. The van der Waals surface area contributed by atoms with Crippen molar-refractivity contribution in [2.24, 2.45) is 0 Å². The second kappa shape index (κ2) is 8.38. The lowest BCUT2D eigenvalue weighted by molar-refractivity contribution is 0.681. The van der Waals surface area contributed by atoms with Gasteiger partial charge in [0, 0.05) is 36.0 Å². The lowest BCUT2D eigenvalue weighted by Crippen LogP contribution is -2.21. The Hall–Kier alpha value is -0.220. The maximum atomic E-state index is 4.09. The molecule has 0 aliphatic heterocycles. The predicted molar refractivity (Wildman–Crippen MR) is 66.6 cm³/mol. The number of rotatable bonds is 8. The van der Waals surface area contributed by atoms with E-state index < -0.39 is 0 Å². The summed E-state index contributed by atoms with van der Waals surface area (Å²) < 4.78 is 0. The van der Waals surface area contributed by atoms with E-state index in [1.54, 1.807) is 0 Å². The molecule has 0 heterocycles. The van der Waals surface area contributed by atoms with Crippen molar-refractivity contribution in [2.75, 3.05) is 24.6 Å². The van der Waals surface area contributed by atoms with Crippen LogP contribution in [-0.4, -0.2) is 24.6 Å². The summed E-state index contributed by atoms with van der Waals surface area (Å²) in [4.78, 5) is 0. The molecule has 2 nitrogen and oxygen atoms in total. The van der Waals surface area contributed by atoms with Crippen molar-refractivity contribution in [1.29, 1.82) is 0 Å². The van der Waals surface area contributed by atoms with Crippen molar-refractivity contribution in [3.63, 3.8) is 0 Å². The molecule has 0 aromatic carbocycles. The minimum Gasteiger partial charge on any atom is -0.388 e. The Bertz CT molecular complexity index is 151. The average Bonchev–Trinajstić information content (AvgIpc) is 2.16. The molecule has 0 saturated heterocycles. The summed E-state index contributed by atoms with van der Waals surface area (Å²) in [7, 11) is 0. The van der Waals surface area contributed by atoms with Crippen molar-refractivity contribution in [1.82, 2.24) is 10.6 Å². The van der Waals surface area contributed by atoms with Crippen LogP contribution in [0.4, 0.5) is 0 Å². The van der Waals surface area contributed by atoms with Crippen molar-refractivity contribution < 1.29 is 0 Å². The largest absolute Gasteiger partial charge is 0.388 e. The normalized spacial score (nSPS) is 9.38. The Morgan fingerprint density at radius 2 is 1.31 bits per heavy atom. The first-order valence-corrected chi connectivity index (χ1v) is 5.52. The third-order valence-electron chi connectivity index (χ3n) is 1.49. The average molecular weight is 218 g/mol. The zero-order valence-corrected chi connectivity index (χ0v) is 9.63. The van der Waals surface area contributed by atoms with E-state index in [1.807, 2.05) is 0 Å². The Kier molecular flexibility index (Phi) is 8.24. The zero-order valence-electron chi connectivity index (χ0n) is 7.84. The van der Waals surface area contributed by atoms with Gasteiger partial charge in [-0.3, -0.25) is 0 Å². The quantitative estimate of drug-likeness (QED) is 0.366. The van der Waals surface area contributed by atoms with E-state index in [4.69, 9.17) is 0 Å². The van der Waals surface area contributed by atoms with Crippen LogP contribution in [0.3, 0.4) is 0 Å². The van der Waals surface area contributed by atoms with Gasteiger partial charge in [0.1, 0.15) is 0 Å². The summed E-state index contributed by atoms with van der Waals surface area (Å²) in [6, 6.07) is 0. The molecular weight excluding hydrogens is 200 g/mol. The molecule has 2 N–H and O–H groups in total. The van der Waals surface area contributed by atoms with Crippen LogP contribution in [0, 0.1) is 0 Å². The van der Waals surface area contributed by atoms with E-state index in [1.165, 1.54) is 0 Å². The Morgan fingerprint density at radius 1 is 0.923 bits per heavy atom. The molecule has 0 unspecified atom stereocenters. The minimum absolute atomic E-state index is 0.691. The summed E-state index contributed by atoms with van der Waals surface area (Å²) in [5, 5.41) is 6.33. The van der Waals surface area contributed by atoms with Gasteiger partial charge in [-0.25, -0.2) is 0 Å². The van der Waals surface area contributed by atoms with Gasteiger partial charge in [-0.1, -0.05) is 13.2 Å². The highest BCUT2D eigenvalue weighted by atomic mass is 32.1. The summed E-state index contributed by atoms with van der Waals surface area (Å²) in [6.07, 6.45) is 1.04. The molecule has 0 bridgehead atoms. The van der Waals surface area contributed by atoms with Gasteiger partial charge in [0.15, 0.2) is 0 Å². The van der Waals surface area contributed by atoms with Gasteiger partial charge in [0.2, 0.25) is 0 Å². The molecule has 0 atom stereocenters. The number of hydrogen-bond donors (Lipinski definition) is 4. The Labute approximate surface area is 91.7 Å². The summed E-state index contributed by atoms with van der Waals surface area (Å²) in [5.41, 5.74) is 1.94. The molecule has 13 heavy (non-hydrogen) atoms. The standard InChI is InChI=1S/C9H18N2S2/c1-8(6-12)10-4-3-5-11-9(2)7-13/h10-13H,1-7H2. The molecule has 0 aromatic rings. The van der Waals surface area contributed by atoms with Crippen molar-refractivity contribution >= 4 is 25.3 Å². The van der Waals surface area contributed by atoms with Crippen molar-refractivity contribution in [3.8, 4) is 0 Å². The van der Waals surface area contributed by atoms with E-state index >= 15 is 0 Å². The highest BCUT2D eigenvalue weighted by Crippen LogP contribution is 1.89. The summed E-state index contributed by atoms with van der Waals surface area (Å²) in [5.74, 6) is 1.38. The molecule has 4 heteroatoms. The lowest BCUT2D eigenvalue weighted by Gasteiger charge is -2.09. The van der Waals surface area contributed by atoms with Gasteiger partial charge in [-0.2, -0.15) is 25.3 Å². The molecule has 0 amide bonds. The smallest absolute Gasteiger partial charge is 0.0296 e. The maximum absolute atomic E-state index is 4.09. The molecule has 0 rings (SSSR count). The number of hydrogen-bond acceptors (Lipinski definition) is 4. The SMILES string of the molecule is C=C(CS)NCCCNC(=C)CS. The molecule has 0 spiro atoms. The summed E-state index contributed by atoms with van der Waals surface area (Å²) >= 11 is 8.17. The predicted octanol–water partition coefficient (Wildman–Crippen LogP) is 1.44. The fourth-order valence-electron chi connectivity index (χ4n) is 0.731. The Balaban J connectivity index is 3.17. The van der Waals surface area contributed by atoms with Gasteiger partial charge in [-0.05, 0) is 6.42 Å².